The number of rotatable bonds is 3. The smallest absolute Gasteiger partial charge is 0.0232 e. The van der Waals surface area contributed by atoms with E-state index in [4.69, 9.17) is 0 Å². The second-order valence-electron chi connectivity index (χ2n) is 4.97. The van der Waals surface area contributed by atoms with Crippen molar-refractivity contribution in [3.8, 4) is 0 Å². The molecule has 0 aromatic heterocycles. The van der Waals surface area contributed by atoms with Gasteiger partial charge >= 0.3 is 0 Å². The zero-order valence-electron chi connectivity index (χ0n) is 8.82. The summed E-state index contributed by atoms with van der Waals surface area (Å²) in [5.41, 5.74) is 1.99. The molecular weight excluding hydrogens is 144 g/mol. The molecule has 0 nitrogen and oxygen atoms in total. The summed E-state index contributed by atoms with van der Waals surface area (Å²) in [6, 6.07) is 0. The van der Waals surface area contributed by atoms with Gasteiger partial charge in [-0.1, -0.05) is 38.8 Å². The van der Waals surface area contributed by atoms with Gasteiger partial charge in [-0.25, -0.2) is 0 Å². The zero-order valence-corrected chi connectivity index (χ0v) is 8.82. The second kappa shape index (κ2) is 3.64. The Labute approximate surface area is 77.1 Å². The Morgan fingerprint density at radius 2 is 1.92 bits per heavy atom. The van der Waals surface area contributed by atoms with Crippen LogP contribution in [0.25, 0.3) is 0 Å². The van der Waals surface area contributed by atoms with Crippen LogP contribution in [0.2, 0.25) is 0 Å². The minimum absolute atomic E-state index is 0.637. The molecule has 0 radical (unpaired) electrons. The first-order valence-corrected chi connectivity index (χ1v) is 5.19. The monoisotopic (exact) mass is 166 g/mol. The number of hydrogen-bond donors (Lipinski definition) is 0. The molecule has 0 saturated heterocycles. The van der Waals surface area contributed by atoms with Gasteiger partial charge in [0.2, 0.25) is 0 Å². The summed E-state index contributed by atoms with van der Waals surface area (Å²) in [4.78, 5) is 0. The van der Waals surface area contributed by atoms with Gasteiger partial charge in [0.15, 0.2) is 0 Å². The molecule has 1 aliphatic carbocycles. The standard InChI is InChI=1S/C12H22/c1-10(2)11(3)9-12(4)7-5-6-8-12/h11H,1,5-9H2,2-4H3. The molecule has 1 rings (SSSR count). The summed E-state index contributed by atoms with van der Waals surface area (Å²) in [5, 5.41) is 0. The minimum atomic E-state index is 0.637. The average Bonchev–Trinajstić information content (AvgIpc) is 2.35. The van der Waals surface area contributed by atoms with Gasteiger partial charge in [0.25, 0.3) is 0 Å². The van der Waals surface area contributed by atoms with Crippen molar-refractivity contribution in [1.29, 1.82) is 0 Å². The van der Waals surface area contributed by atoms with Crippen molar-refractivity contribution in [3.05, 3.63) is 12.2 Å². The lowest BCUT2D eigenvalue weighted by atomic mass is 9.78. The maximum Gasteiger partial charge on any atom is -0.0232 e. The van der Waals surface area contributed by atoms with Gasteiger partial charge in [-0.05, 0) is 37.5 Å². The summed E-state index contributed by atoms with van der Waals surface area (Å²) in [7, 11) is 0. The van der Waals surface area contributed by atoms with Crippen molar-refractivity contribution in [1.82, 2.24) is 0 Å². The van der Waals surface area contributed by atoms with Crippen LogP contribution in [0.1, 0.15) is 52.9 Å². The predicted octanol–water partition coefficient (Wildman–Crippen LogP) is 4.17. The van der Waals surface area contributed by atoms with E-state index in [2.05, 4.69) is 27.4 Å². The van der Waals surface area contributed by atoms with Gasteiger partial charge in [-0.15, -0.1) is 0 Å². The van der Waals surface area contributed by atoms with E-state index in [1.807, 2.05) is 0 Å². The molecule has 0 aliphatic heterocycles. The normalized spacial score (nSPS) is 23.9. The highest BCUT2D eigenvalue weighted by Gasteiger charge is 2.29. The second-order valence-corrected chi connectivity index (χ2v) is 4.97. The third-order valence-corrected chi connectivity index (χ3v) is 3.45. The molecule has 70 valence electrons. The van der Waals surface area contributed by atoms with Crippen molar-refractivity contribution in [3.63, 3.8) is 0 Å². The van der Waals surface area contributed by atoms with Crippen LogP contribution in [0.4, 0.5) is 0 Å². The maximum absolute atomic E-state index is 4.03. The van der Waals surface area contributed by atoms with Gasteiger partial charge < -0.3 is 0 Å². The van der Waals surface area contributed by atoms with E-state index in [1.165, 1.54) is 37.7 Å². The Morgan fingerprint density at radius 1 is 1.42 bits per heavy atom. The molecule has 1 saturated carbocycles. The molecule has 1 atom stereocenters. The topological polar surface area (TPSA) is 0 Å². The SMILES string of the molecule is C=C(C)C(C)CC1(C)CCCC1. The molecule has 0 aromatic rings. The quantitative estimate of drug-likeness (QED) is 0.552. The first kappa shape index (κ1) is 9.83. The molecule has 0 N–H and O–H groups in total. The molecule has 0 heterocycles. The third kappa shape index (κ3) is 2.36. The zero-order chi connectivity index (χ0) is 9.19. The fraction of sp³-hybridized carbons (Fsp3) is 0.833. The van der Waals surface area contributed by atoms with Crippen LogP contribution < -0.4 is 0 Å². The average molecular weight is 166 g/mol. The van der Waals surface area contributed by atoms with E-state index in [0.29, 0.717) is 11.3 Å². The summed E-state index contributed by atoms with van der Waals surface area (Å²) in [5.74, 6) is 0.716. The number of hydrogen-bond acceptors (Lipinski definition) is 0. The van der Waals surface area contributed by atoms with Gasteiger partial charge in [-0.3, -0.25) is 0 Å². The summed E-state index contributed by atoms with van der Waals surface area (Å²) in [6.07, 6.45) is 7.11. The van der Waals surface area contributed by atoms with Gasteiger partial charge in [0, 0.05) is 0 Å². The minimum Gasteiger partial charge on any atom is -0.0999 e. The van der Waals surface area contributed by atoms with E-state index >= 15 is 0 Å². The Kier molecular flexibility index (Phi) is 2.98. The van der Waals surface area contributed by atoms with E-state index in [9.17, 15) is 0 Å². The molecule has 1 aliphatic rings. The summed E-state index contributed by atoms with van der Waals surface area (Å²) >= 11 is 0. The van der Waals surface area contributed by atoms with Crippen LogP contribution in [-0.4, -0.2) is 0 Å². The molecule has 1 fully saturated rings. The molecule has 12 heavy (non-hydrogen) atoms. The van der Waals surface area contributed by atoms with Crippen molar-refractivity contribution < 1.29 is 0 Å². The highest BCUT2D eigenvalue weighted by Crippen LogP contribution is 2.43. The van der Waals surface area contributed by atoms with Gasteiger partial charge in [0.05, 0.1) is 0 Å². The Bertz CT molecular complexity index is 161. The first-order chi connectivity index (χ1) is 5.53. The Morgan fingerprint density at radius 3 is 2.33 bits per heavy atom. The van der Waals surface area contributed by atoms with Crippen LogP contribution >= 0.6 is 0 Å². The largest absolute Gasteiger partial charge is 0.0999 e. The van der Waals surface area contributed by atoms with Crippen LogP contribution in [0.3, 0.4) is 0 Å². The lowest BCUT2D eigenvalue weighted by Gasteiger charge is -2.27. The van der Waals surface area contributed by atoms with Crippen LogP contribution in [-0.2, 0) is 0 Å². The Balaban J connectivity index is 2.43. The first-order valence-electron chi connectivity index (χ1n) is 5.19. The molecule has 0 heteroatoms. The van der Waals surface area contributed by atoms with Crippen molar-refractivity contribution >= 4 is 0 Å². The molecular formula is C12H22. The maximum atomic E-state index is 4.03. The highest BCUT2D eigenvalue weighted by molar-refractivity contribution is 4.97. The van der Waals surface area contributed by atoms with Crippen LogP contribution in [0.15, 0.2) is 12.2 Å². The van der Waals surface area contributed by atoms with E-state index < -0.39 is 0 Å². The van der Waals surface area contributed by atoms with Gasteiger partial charge in [-0.2, -0.15) is 0 Å². The van der Waals surface area contributed by atoms with Crippen LogP contribution in [0, 0.1) is 11.3 Å². The summed E-state index contributed by atoms with van der Waals surface area (Å²) in [6.45, 7) is 10.9. The fourth-order valence-corrected chi connectivity index (χ4v) is 2.35. The highest BCUT2D eigenvalue weighted by atomic mass is 14.3. The number of allylic oxidation sites excluding steroid dienone is 1. The van der Waals surface area contributed by atoms with Crippen molar-refractivity contribution in [2.24, 2.45) is 11.3 Å². The van der Waals surface area contributed by atoms with Crippen molar-refractivity contribution in [2.75, 3.05) is 0 Å². The lowest BCUT2D eigenvalue weighted by Crippen LogP contribution is -2.15. The molecule has 0 aromatic carbocycles. The Hall–Kier alpha value is -0.260. The predicted molar refractivity (Wildman–Crippen MR) is 55.2 cm³/mol. The van der Waals surface area contributed by atoms with Gasteiger partial charge in [0.1, 0.15) is 0 Å². The van der Waals surface area contributed by atoms with E-state index in [1.54, 1.807) is 0 Å². The molecule has 0 amide bonds. The summed E-state index contributed by atoms with van der Waals surface area (Å²) < 4.78 is 0. The third-order valence-electron chi connectivity index (χ3n) is 3.45. The van der Waals surface area contributed by atoms with Crippen molar-refractivity contribution in [2.45, 2.75) is 52.9 Å². The molecule has 1 unspecified atom stereocenters. The fourth-order valence-electron chi connectivity index (χ4n) is 2.35. The van der Waals surface area contributed by atoms with E-state index in [0.717, 1.165) is 0 Å². The lowest BCUT2D eigenvalue weighted by molar-refractivity contribution is 0.272. The van der Waals surface area contributed by atoms with Crippen LogP contribution in [0.5, 0.6) is 0 Å². The molecule has 0 spiro atoms. The van der Waals surface area contributed by atoms with E-state index in [-0.39, 0.29) is 0 Å². The molecule has 0 bridgehead atoms.